The normalized spacial score (nSPS) is 27.6. The summed E-state index contributed by atoms with van der Waals surface area (Å²) in [5, 5.41) is 4.48. The highest BCUT2D eigenvalue weighted by atomic mass is 35.5. The van der Waals surface area contributed by atoms with Crippen molar-refractivity contribution in [2.24, 2.45) is 11.8 Å². The number of nitrogen functional groups attached to an aromatic ring is 1. The molecular formula is C15H14ClFN2O. The number of hydrogen-bond donors (Lipinski definition) is 1. The number of aromatic nitrogens is 1. The molecule has 1 heterocycles. The Labute approximate surface area is 120 Å². The highest BCUT2D eigenvalue weighted by molar-refractivity contribution is 6.33. The van der Waals surface area contributed by atoms with Crippen molar-refractivity contribution in [2.45, 2.75) is 25.2 Å². The molecule has 0 amide bonds. The molecule has 2 aliphatic carbocycles. The van der Waals surface area contributed by atoms with E-state index in [-0.39, 0.29) is 11.7 Å². The molecule has 2 N–H and O–H groups in total. The molecule has 20 heavy (non-hydrogen) atoms. The van der Waals surface area contributed by atoms with Gasteiger partial charge in [0.05, 0.1) is 16.3 Å². The van der Waals surface area contributed by atoms with Crippen LogP contribution < -0.4 is 5.73 Å². The van der Waals surface area contributed by atoms with Crippen LogP contribution in [0.25, 0.3) is 11.1 Å². The zero-order chi connectivity index (χ0) is 13.9. The van der Waals surface area contributed by atoms with Gasteiger partial charge in [-0.25, -0.2) is 4.39 Å². The molecule has 0 spiro atoms. The third-order valence-corrected chi connectivity index (χ3v) is 4.89. The van der Waals surface area contributed by atoms with Crippen molar-refractivity contribution in [3.8, 4) is 11.1 Å². The van der Waals surface area contributed by atoms with E-state index in [0.717, 1.165) is 35.9 Å². The Balaban J connectivity index is 1.78. The van der Waals surface area contributed by atoms with Crippen LogP contribution in [0.4, 0.5) is 10.3 Å². The van der Waals surface area contributed by atoms with Crippen LogP contribution in [0.3, 0.4) is 0 Å². The molecule has 2 unspecified atom stereocenters. The average molecular weight is 293 g/mol. The van der Waals surface area contributed by atoms with Gasteiger partial charge in [-0.15, -0.1) is 0 Å². The van der Waals surface area contributed by atoms with Crippen molar-refractivity contribution < 1.29 is 8.91 Å². The van der Waals surface area contributed by atoms with Gasteiger partial charge in [-0.1, -0.05) is 16.8 Å². The van der Waals surface area contributed by atoms with Crippen LogP contribution in [0.2, 0.25) is 5.02 Å². The van der Waals surface area contributed by atoms with Gasteiger partial charge in [-0.3, -0.25) is 0 Å². The number of fused-ring (bicyclic) bond motifs is 1. The zero-order valence-electron chi connectivity index (χ0n) is 10.8. The average Bonchev–Trinajstić information content (AvgIpc) is 2.83. The van der Waals surface area contributed by atoms with Crippen LogP contribution in [-0.2, 0) is 0 Å². The van der Waals surface area contributed by atoms with Crippen LogP contribution in [0.15, 0.2) is 22.7 Å². The van der Waals surface area contributed by atoms with Gasteiger partial charge in [-0.2, -0.15) is 0 Å². The molecular weight excluding hydrogens is 279 g/mol. The minimum Gasteiger partial charge on any atom is -0.367 e. The number of nitrogens with zero attached hydrogens (tertiary/aromatic N) is 1. The second-order valence-corrected chi connectivity index (χ2v) is 6.26. The van der Waals surface area contributed by atoms with Gasteiger partial charge < -0.3 is 10.3 Å². The Kier molecular flexibility index (Phi) is 2.58. The van der Waals surface area contributed by atoms with Crippen LogP contribution >= 0.6 is 11.6 Å². The molecule has 2 aliphatic rings. The molecule has 3 nitrogen and oxygen atoms in total. The molecule has 2 fully saturated rings. The quantitative estimate of drug-likeness (QED) is 0.901. The highest BCUT2D eigenvalue weighted by Crippen LogP contribution is 2.58. The summed E-state index contributed by atoms with van der Waals surface area (Å²) in [6.45, 7) is 0. The summed E-state index contributed by atoms with van der Waals surface area (Å²) in [5.74, 6) is 1.96. The fourth-order valence-corrected chi connectivity index (χ4v) is 3.76. The SMILES string of the molecule is Nc1onc(C2CC3CC3C2)c1-c1ccc(F)cc1Cl. The summed E-state index contributed by atoms with van der Waals surface area (Å²) in [6.07, 6.45) is 3.63. The van der Waals surface area contributed by atoms with Gasteiger partial charge >= 0.3 is 0 Å². The number of benzene rings is 1. The lowest BCUT2D eigenvalue weighted by molar-refractivity contribution is 0.416. The summed E-state index contributed by atoms with van der Waals surface area (Å²) in [6, 6.07) is 4.31. The van der Waals surface area contributed by atoms with Crippen molar-refractivity contribution in [1.29, 1.82) is 0 Å². The van der Waals surface area contributed by atoms with Crippen LogP contribution in [0.5, 0.6) is 0 Å². The lowest BCUT2D eigenvalue weighted by atomic mass is 9.93. The van der Waals surface area contributed by atoms with Crippen LogP contribution in [0.1, 0.15) is 30.9 Å². The van der Waals surface area contributed by atoms with Gasteiger partial charge in [0.2, 0.25) is 5.88 Å². The first-order valence-electron chi connectivity index (χ1n) is 6.84. The Morgan fingerprint density at radius 3 is 2.70 bits per heavy atom. The molecule has 104 valence electrons. The monoisotopic (exact) mass is 292 g/mol. The van der Waals surface area contributed by atoms with Crippen molar-refractivity contribution in [1.82, 2.24) is 5.16 Å². The van der Waals surface area contributed by atoms with Gasteiger partial charge in [0, 0.05) is 11.5 Å². The maximum Gasteiger partial charge on any atom is 0.230 e. The van der Waals surface area contributed by atoms with E-state index in [4.69, 9.17) is 21.9 Å². The lowest BCUT2D eigenvalue weighted by Gasteiger charge is -2.11. The number of halogens is 2. The Bertz CT molecular complexity index is 675. The molecule has 4 rings (SSSR count). The molecule has 0 aliphatic heterocycles. The number of nitrogens with two attached hydrogens (primary N) is 1. The third-order valence-electron chi connectivity index (χ3n) is 4.58. The Hall–Kier alpha value is -1.55. The predicted octanol–water partition coefficient (Wildman–Crippen LogP) is 4.23. The van der Waals surface area contributed by atoms with E-state index >= 15 is 0 Å². The molecule has 0 radical (unpaired) electrons. The Morgan fingerprint density at radius 1 is 1.25 bits per heavy atom. The van der Waals surface area contributed by atoms with Gasteiger partial charge in [0.25, 0.3) is 0 Å². The van der Waals surface area contributed by atoms with Gasteiger partial charge in [0.1, 0.15) is 5.82 Å². The van der Waals surface area contributed by atoms with Crippen LogP contribution in [0, 0.1) is 17.7 Å². The zero-order valence-corrected chi connectivity index (χ0v) is 11.5. The first-order chi connectivity index (χ1) is 9.63. The standard InChI is InChI=1S/C15H14ClFN2O/c16-12-6-10(17)1-2-11(12)13-14(19-20-15(13)18)9-4-7-3-8(7)5-9/h1-2,6-9H,3-5,18H2. The minimum atomic E-state index is -0.363. The molecule has 5 heteroatoms. The van der Waals surface area contributed by atoms with E-state index in [2.05, 4.69) is 5.16 Å². The minimum absolute atomic E-state index is 0.258. The maximum absolute atomic E-state index is 13.2. The fourth-order valence-electron chi connectivity index (χ4n) is 3.50. The van der Waals surface area contributed by atoms with Crippen molar-refractivity contribution in [3.05, 3.63) is 34.7 Å². The Morgan fingerprint density at radius 2 is 2.00 bits per heavy atom. The van der Waals surface area contributed by atoms with E-state index in [1.165, 1.54) is 18.6 Å². The molecule has 0 saturated heterocycles. The van der Waals surface area contributed by atoms with E-state index < -0.39 is 0 Å². The number of anilines is 1. The summed E-state index contributed by atoms with van der Waals surface area (Å²) >= 11 is 6.14. The van der Waals surface area contributed by atoms with Gasteiger partial charge in [0.15, 0.2) is 0 Å². The van der Waals surface area contributed by atoms with E-state index in [1.807, 2.05) is 0 Å². The largest absolute Gasteiger partial charge is 0.367 e. The predicted molar refractivity (Wildman–Crippen MR) is 74.9 cm³/mol. The van der Waals surface area contributed by atoms with E-state index in [9.17, 15) is 4.39 Å². The summed E-state index contributed by atoms with van der Waals surface area (Å²) in [4.78, 5) is 0. The second-order valence-electron chi connectivity index (χ2n) is 5.86. The smallest absolute Gasteiger partial charge is 0.230 e. The highest BCUT2D eigenvalue weighted by Gasteiger charge is 2.47. The van der Waals surface area contributed by atoms with Crippen LogP contribution in [-0.4, -0.2) is 5.16 Å². The summed E-state index contributed by atoms with van der Waals surface area (Å²) < 4.78 is 18.4. The molecule has 2 saturated carbocycles. The molecule has 1 aromatic carbocycles. The number of hydrogen-bond acceptors (Lipinski definition) is 3. The number of rotatable bonds is 2. The lowest BCUT2D eigenvalue weighted by Crippen LogP contribution is -1.99. The molecule has 0 bridgehead atoms. The van der Waals surface area contributed by atoms with E-state index in [1.54, 1.807) is 6.07 Å². The topological polar surface area (TPSA) is 52.0 Å². The van der Waals surface area contributed by atoms with Gasteiger partial charge in [-0.05, 0) is 49.3 Å². The summed E-state index contributed by atoms with van der Waals surface area (Å²) in [5.41, 5.74) is 8.22. The molecule has 2 atom stereocenters. The third kappa shape index (κ3) is 1.82. The summed E-state index contributed by atoms with van der Waals surface area (Å²) in [7, 11) is 0. The molecule has 2 aromatic rings. The van der Waals surface area contributed by atoms with Crippen molar-refractivity contribution in [2.75, 3.05) is 5.73 Å². The van der Waals surface area contributed by atoms with Crippen molar-refractivity contribution in [3.63, 3.8) is 0 Å². The first-order valence-corrected chi connectivity index (χ1v) is 7.21. The van der Waals surface area contributed by atoms with E-state index in [0.29, 0.717) is 16.5 Å². The molecule has 1 aromatic heterocycles. The fraction of sp³-hybridized carbons (Fsp3) is 0.400. The first kappa shape index (κ1) is 12.2. The van der Waals surface area contributed by atoms with Crippen molar-refractivity contribution >= 4 is 17.5 Å². The second kappa shape index (κ2) is 4.22. The maximum atomic E-state index is 13.2.